The molecule has 0 radical (unpaired) electrons. The number of carbonyl (C=O) groups is 2. The first-order valence-electron chi connectivity index (χ1n) is 14.8. The molecule has 0 saturated carbocycles. The fourth-order valence-electron chi connectivity index (χ4n) is 4.81. The third kappa shape index (κ3) is 8.04. The lowest BCUT2D eigenvalue weighted by molar-refractivity contribution is 0.0746. The van der Waals surface area contributed by atoms with Crippen LogP contribution in [0.4, 0.5) is 11.4 Å². The minimum atomic E-state index is -0.328. The van der Waals surface area contributed by atoms with Gasteiger partial charge in [0, 0.05) is 43.0 Å². The molecule has 1 aliphatic heterocycles. The molecule has 2 amide bonds. The average Bonchev–Trinajstić information content (AvgIpc) is 3.02. The Morgan fingerprint density at radius 2 is 1.40 bits per heavy atom. The molecule has 0 aliphatic carbocycles. The van der Waals surface area contributed by atoms with Crippen molar-refractivity contribution in [3.05, 3.63) is 70.7 Å². The maximum atomic E-state index is 13.2. The molecule has 0 spiro atoms. The number of benzene rings is 3. The summed E-state index contributed by atoms with van der Waals surface area (Å²) in [6.45, 7) is 12.0. The van der Waals surface area contributed by atoms with Crippen molar-refractivity contribution in [1.29, 1.82) is 0 Å². The monoisotopic (exact) mass is 609 g/mol. The molecule has 43 heavy (non-hydrogen) atoms. The van der Waals surface area contributed by atoms with Crippen molar-refractivity contribution in [2.45, 2.75) is 34.1 Å². The molecule has 0 aromatic heterocycles. The third-order valence-electron chi connectivity index (χ3n) is 6.86. The summed E-state index contributed by atoms with van der Waals surface area (Å²) in [5, 5.41) is 3.43. The van der Waals surface area contributed by atoms with Gasteiger partial charge < -0.3 is 34.1 Å². The molecule has 1 N–H and O–H groups in total. The zero-order chi connectivity index (χ0) is 30.8. The summed E-state index contributed by atoms with van der Waals surface area (Å²) < 4.78 is 22.8. The first kappa shape index (κ1) is 31.8. The number of ether oxygens (including phenoxy) is 4. The SMILES string of the molecule is CCCOc1ccc(C(=O)N2CCN(c3ccc(NC(=O)c4cc(OCC)c(OCC)c(OCC)c4)cc3Cl)CC2)cc1. The summed E-state index contributed by atoms with van der Waals surface area (Å²) in [7, 11) is 0. The van der Waals surface area contributed by atoms with Crippen molar-refractivity contribution in [3.8, 4) is 23.0 Å². The molecular weight excluding hydrogens is 570 g/mol. The Morgan fingerprint density at radius 1 is 0.767 bits per heavy atom. The van der Waals surface area contributed by atoms with Gasteiger partial charge in [0.1, 0.15) is 5.75 Å². The molecule has 3 aromatic rings. The van der Waals surface area contributed by atoms with Crippen LogP contribution in [0.3, 0.4) is 0 Å². The average molecular weight is 610 g/mol. The van der Waals surface area contributed by atoms with Crippen LogP contribution in [0.1, 0.15) is 54.8 Å². The van der Waals surface area contributed by atoms with Crippen molar-refractivity contribution in [2.24, 2.45) is 0 Å². The molecule has 9 nitrogen and oxygen atoms in total. The Balaban J connectivity index is 1.39. The van der Waals surface area contributed by atoms with E-state index in [9.17, 15) is 9.59 Å². The molecular formula is C33H40ClN3O6. The maximum Gasteiger partial charge on any atom is 0.255 e. The molecule has 1 saturated heterocycles. The second kappa shape index (κ2) is 15.4. The van der Waals surface area contributed by atoms with E-state index in [-0.39, 0.29) is 11.8 Å². The Morgan fingerprint density at radius 3 is 1.95 bits per heavy atom. The molecule has 1 heterocycles. The number of nitrogens with one attached hydrogen (secondary N) is 1. The summed E-state index contributed by atoms with van der Waals surface area (Å²) in [6, 6.07) is 16.0. The van der Waals surface area contributed by atoms with E-state index in [1.54, 1.807) is 18.2 Å². The summed E-state index contributed by atoms with van der Waals surface area (Å²) in [5.74, 6) is 1.81. The minimum absolute atomic E-state index is 0.000117. The Bertz CT molecular complexity index is 1360. The van der Waals surface area contributed by atoms with Gasteiger partial charge in [0.05, 0.1) is 37.1 Å². The highest BCUT2D eigenvalue weighted by Crippen LogP contribution is 2.39. The van der Waals surface area contributed by atoms with Gasteiger partial charge in [-0.1, -0.05) is 18.5 Å². The van der Waals surface area contributed by atoms with E-state index < -0.39 is 0 Å². The van der Waals surface area contributed by atoms with Crippen LogP contribution in [0.5, 0.6) is 23.0 Å². The van der Waals surface area contributed by atoms with Crippen molar-refractivity contribution < 1.29 is 28.5 Å². The molecule has 0 bridgehead atoms. The van der Waals surface area contributed by atoms with E-state index in [2.05, 4.69) is 17.1 Å². The normalized spacial score (nSPS) is 13.0. The molecule has 4 rings (SSSR count). The van der Waals surface area contributed by atoms with Crippen molar-refractivity contribution in [1.82, 2.24) is 4.90 Å². The summed E-state index contributed by atoms with van der Waals surface area (Å²) in [5.41, 5.74) is 2.43. The Labute approximate surface area is 258 Å². The number of hydrogen-bond donors (Lipinski definition) is 1. The van der Waals surface area contributed by atoms with Gasteiger partial charge in [-0.3, -0.25) is 9.59 Å². The van der Waals surface area contributed by atoms with Crippen LogP contribution >= 0.6 is 11.6 Å². The quantitative estimate of drug-likeness (QED) is 0.235. The van der Waals surface area contributed by atoms with Gasteiger partial charge >= 0.3 is 0 Å². The molecule has 0 atom stereocenters. The number of rotatable bonds is 13. The number of amides is 2. The predicted molar refractivity (Wildman–Crippen MR) is 170 cm³/mol. The van der Waals surface area contributed by atoms with Crippen LogP contribution < -0.4 is 29.2 Å². The summed E-state index contributed by atoms with van der Waals surface area (Å²) in [4.78, 5) is 30.3. The van der Waals surface area contributed by atoms with Gasteiger partial charge in [0.25, 0.3) is 11.8 Å². The fourth-order valence-corrected chi connectivity index (χ4v) is 5.11. The van der Waals surface area contributed by atoms with Gasteiger partial charge in [-0.25, -0.2) is 0 Å². The van der Waals surface area contributed by atoms with Gasteiger partial charge in [0.15, 0.2) is 11.5 Å². The van der Waals surface area contributed by atoms with Gasteiger partial charge in [-0.15, -0.1) is 0 Å². The van der Waals surface area contributed by atoms with Gasteiger partial charge in [-0.2, -0.15) is 0 Å². The lowest BCUT2D eigenvalue weighted by atomic mass is 10.1. The predicted octanol–water partition coefficient (Wildman–Crippen LogP) is 6.54. The maximum absolute atomic E-state index is 13.2. The van der Waals surface area contributed by atoms with Crippen LogP contribution in [-0.2, 0) is 0 Å². The highest BCUT2D eigenvalue weighted by molar-refractivity contribution is 6.33. The zero-order valence-corrected chi connectivity index (χ0v) is 26.0. The van der Waals surface area contributed by atoms with Crippen molar-refractivity contribution in [3.63, 3.8) is 0 Å². The van der Waals surface area contributed by atoms with Crippen LogP contribution in [0.25, 0.3) is 0 Å². The highest BCUT2D eigenvalue weighted by Gasteiger charge is 2.24. The number of carbonyl (C=O) groups excluding carboxylic acids is 2. The van der Waals surface area contributed by atoms with E-state index >= 15 is 0 Å². The molecule has 0 unspecified atom stereocenters. The first-order chi connectivity index (χ1) is 20.9. The molecule has 10 heteroatoms. The Hall–Kier alpha value is -4.11. The number of anilines is 2. The van der Waals surface area contributed by atoms with E-state index in [0.717, 1.165) is 17.9 Å². The number of piperazine rings is 1. The third-order valence-corrected chi connectivity index (χ3v) is 7.16. The van der Waals surface area contributed by atoms with E-state index in [1.165, 1.54) is 0 Å². The zero-order valence-electron chi connectivity index (χ0n) is 25.3. The van der Waals surface area contributed by atoms with E-state index in [4.69, 9.17) is 30.5 Å². The lowest BCUT2D eigenvalue weighted by Gasteiger charge is -2.36. The van der Waals surface area contributed by atoms with Gasteiger partial charge in [0.2, 0.25) is 5.75 Å². The van der Waals surface area contributed by atoms with Crippen LogP contribution in [0, 0.1) is 0 Å². The summed E-state index contributed by atoms with van der Waals surface area (Å²) in [6.07, 6.45) is 0.932. The largest absolute Gasteiger partial charge is 0.494 e. The van der Waals surface area contributed by atoms with Crippen LogP contribution in [-0.4, -0.2) is 69.3 Å². The van der Waals surface area contributed by atoms with Gasteiger partial charge in [-0.05, 0) is 81.8 Å². The summed E-state index contributed by atoms with van der Waals surface area (Å²) >= 11 is 6.68. The topological polar surface area (TPSA) is 89.6 Å². The number of hydrogen-bond acceptors (Lipinski definition) is 7. The first-order valence-corrected chi connectivity index (χ1v) is 15.2. The highest BCUT2D eigenvalue weighted by atomic mass is 35.5. The van der Waals surface area contributed by atoms with Crippen LogP contribution in [0.2, 0.25) is 5.02 Å². The fraction of sp³-hybridized carbons (Fsp3) is 0.394. The van der Waals surface area contributed by atoms with E-state index in [0.29, 0.717) is 91.7 Å². The second-order valence-corrected chi connectivity index (χ2v) is 10.3. The minimum Gasteiger partial charge on any atom is -0.494 e. The molecule has 1 aliphatic rings. The molecule has 3 aromatic carbocycles. The van der Waals surface area contributed by atoms with Crippen LogP contribution in [0.15, 0.2) is 54.6 Å². The lowest BCUT2D eigenvalue weighted by Crippen LogP contribution is -2.48. The second-order valence-electron chi connectivity index (χ2n) is 9.87. The van der Waals surface area contributed by atoms with Crippen molar-refractivity contribution >= 4 is 34.8 Å². The standard InChI is InChI=1S/C33H40ClN3O6/c1-5-19-43-26-12-9-23(10-13-26)33(39)37-17-15-36(16-18-37)28-14-11-25(22-27(28)34)35-32(38)24-20-29(40-6-2)31(42-8-4)30(21-24)41-7-3/h9-14,20-22H,5-8,15-19H2,1-4H3,(H,35,38). The number of nitrogens with zero attached hydrogens (tertiary/aromatic N) is 2. The smallest absolute Gasteiger partial charge is 0.255 e. The van der Waals surface area contributed by atoms with E-state index in [1.807, 2.05) is 62.1 Å². The number of halogens is 1. The molecule has 1 fully saturated rings. The molecule has 230 valence electrons. The Kier molecular flexibility index (Phi) is 11.4. The van der Waals surface area contributed by atoms with Crippen molar-refractivity contribution in [2.75, 3.05) is 62.8 Å².